The summed E-state index contributed by atoms with van der Waals surface area (Å²) in [5.41, 5.74) is 3.18. The SMILES string of the molecule is COc1ccc(-c2cc(OC)ccc2OCc2ccccc2)cc1. The molecule has 0 spiro atoms. The Morgan fingerprint density at radius 1 is 0.708 bits per heavy atom. The first-order valence-electron chi connectivity index (χ1n) is 7.79. The third-order valence-corrected chi connectivity index (χ3v) is 3.82. The van der Waals surface area contributed by atoms with Gasteiger partial charge >= 0.3 is 0 Å². The molecular weight excluding hydrogens is 300 g/mol. The Balaban J connectivity index is 1.90. The lowest BCUT2D eigenvalue weighted by atomic mass is 10.0. The van der Waals surface area contributed by atoms with Crippen molar-refractivity contribution >= 4 is 0 Å². The van der Waals surface area contributed by atoms with E-state index in [1.807, 2.05) is 60.7 Å². The van der Waals surface area contributed by atoms with E-state index in [4.69, 9.17) is 14.2 Å². The minimum atomic E-state index is 0.524. The Bertz CT molecular complexity index is 780. The van der Waals surface area contributed by atoms with Crippen LogP contribution in [0.5, 0.6) is 17.2 Å². The maximum atomic E-state index is 6.05. The Morgan fingerprint density at radius 3 is 2.04 bits per heavy atom. The van der Waals surface area contributed by atoms with E-state index in [0.717, 1.165) is 33.9 Å². The Labute approximate surface area is 142 Å². The molecule has 0 atom stereocenters. The van der Waals surface area contributed by atoms with Gasteiger partial charge in [0.15, 0.2) is 0 Å². The number of ether oxygens (including phenoxy) is 3. The molecule has 24 heavy (non-hydrogen) atoms. The molecule has 3 heteroatoms. The number of benzene rings is 3. The Morgan fingerprint density at radius 2 is 1.38 bits per heavy atom. The van der Waals surface area contributed by atoms with Gasteiger partial charge in [-0.2, -0.15) is 0 Å². The van der Waals surface area contributed by atoms with Crippen LogP contribution in [0.15, 0.2) is 72.8 Å². The largest absolute Gasteiger partial charge is 0.497 e. The van der Waals surface area contributed by atoms with Gasteiger partial charge in [-0.3, -0.25) is 0 Å². The van der Waals surface area contributed by atoms with E-state index >= 15 is 0 Å². The summed E-state index contributed by atoms with van der Waals surface area (Å²) >= 11 is 0. The van der Waals surface area contributed by atoms with Gasteiger partial charge in [0.25, 0.3) is 0 Å². The average molecular weight is 320 g/mol. The standard InChI is InChI=1S/C21H20O3/c1-22-18-10-8-17(9-11-18)20-14-19(23-2)12-13-21(20)24-15-16-6-4-3-5-7-16/h3-14H,15H2,1-2H3. The molecule has 0 aliphatic carbocycles. The third-order valence-electron chi connectivity index (χ3n) is 3.82. The molecule has 0 amide bonds. The predicted octanol–water partition coefficient (Wildman–Crippen LogP) is 4.95. The van der Waals surface area contributed by atoms with Crippen molar-refractivity contribution in [3.05, 3.63) is 78.4 Å². The zero-order valence-electron chi connectivity index (χ0n) is 13.9. The Kier molecular flexibility index (Phi) is 5.02. The van der Waals surface area contributed by atoms with Crippen LogP contribution in [0, 0.1) is 0 Å². The van der Waals surface area contributed by atoms with Crippen LogP contribution in [0.4, 0.5) is 0 Å². The highest BCUT2D eigenvalue weighted by atomic mass is 16.5. The van der Waals surface area contributed by atoms with E-state index in [1.165, 1.54) is 0 Å². The monoisotopic (exact) mass is 320 g/mol. The second kappa shape index (κ2) is 7.55. The minimum Gasteiger partial charge on any atom is -0.497 e. The van der Waals surface area contributed by atoms with Crippen LogP contribution in [0.3, 0.4) is 0 Å². The smallest absolute Gasteiger partial charge is 0.127 e. The highest BCUT2D eigenvalue weighted by Crippen LogP contribution is 2.34. The lowest BCUT2D eigenvalue weighted by Gasteiger charge is -2.14. The fraction of sp³-hybridized carbons (Fsp3) is 0.143. The molecule has 122 valence electrons. The van der Waals surface area contributed by atoms with Crippen LogP contribution >= 0.6 is 0 Å². The third kappa shape index (κ3) is 3.69. The molecule has 3 nitrogen and oxygen atoms in total. The van der Waals surface area contributed by atoms with Gasteiger partial charge in [0, 0.05) is 5.56 Å². The molecule has 0 unspecified atom stereocenters. The van der Waals surface area contributed by atoms with E-state index in [-0.39, 0.29) is 0 Å². The van der Waals surface area contributed by atoms with Crippen molar-refractivity contribution in [2.45, 2.75) is 6.61 Å². The molecule has 0 fully saturated rings. The maximum absolute atomic E-state index is 6.05. The van der Waals surface area contributed by atoms with E-state index < -0.39 is 0 Å². The molecule has 0 aliphatic heterocycles. The quantitative estimate of drug-likeness (QED) is 0.643. The molecular formula is C21H20O3. The molecule has 0 radical (unpaired) electrons. The van der Waals surface area contributed by atoms with Gasteiger partial charge in [-0.05, 0) is 41.5 Å². The summed E-state index contributed by atoms with van der Waals surface area (Å²) < 4.78 is 16.6. The van der Waals surface area contributed by atoms with Crippen molar-refractivity contribution in [3.8, 4) is 28.4 Å². The number of hydrogen-bond acceptors (Lipinski definition) is 3. The molecule has 0 bridgehead atoms. The van der Waals surface area contributed by atoms with E-state index in [2.05, 4.69) is 12.1 Å². The highest BCUT2D eigenvalue weighted by Gasteiger charge is 2.09. The maximum Gasteiger partial charge on any atom is 0.127 e. The normalized spacial score (nSPS) is 10.2. The van der Waals surface area contributed by atoms with E-state index in [1.54, 1.807) is 14.2 Å². The first-order valence-corrected chi connectivity index (χ1v) is 7.79. The second-order valence-corrected chi connectivity index (χ2v) is 5.36. The topological polar surface area (TPSA) is 27.7 Å². The van der Waals surface area contributed by atoms with E-state index in [0.29, 0.717) is 6.61 Å². The summed E-state index contributed by atoms with van der Waals surface area (Å²) in [4.78, 5) is 0. The highest BCUT2D eigenvalue weighted by molar-refractivity contribution is 5.72. The molecule has 0 aliphatic rings. The molecule has 0 N–H and O–H groups in total. The van der Waals surface area contributed by atoms with Crippen molar-refractivity contribution < 1.29 is 14.2 Å². The lowest BCUT2D eigenvalue weighted by molar-refractivity contribution is 0.307. The molecule has 0 saturated heterocycles. The fourth-order valence-corrected chi connectivity index (χ4v) is 2.49. The van der Waals surface area contributed by atoms with Gasteiger partial charge in [-0.1, -0.05) is 42.5 Å². The molecule has 0 saturated carbocycles. The van der Waals surface area contributed by atoms with Crippen LogP contribution < -0.4 is 14.2 Å². The lowest BCUT2D eigenvalue weighted by Crippen LogP contribution is -1.97. The van der Waals surface area contributed by atoms with Crippen molar-refractivity contribution in [1.29, 1.82) is 0 Å². The second-order valence-electron chi connectivity index (χ2n) is 5.36. The number of hydrogen-bond donors (Lipinski definition) is 0. The van der Waals surface area contributed by atoms with Crippen LogP contribution in [0.1, 0.15) is 5.56 Å². The van der Waals surface area contributed by atoms with Gasteiger partial charge in [-0.25, -0.2) is 0 Å². The van der Waals surface area contributed by atoms with Gasteiger partial charge in [0.2, 0.25) is 0 Å². The number of methoxy groups -OCH3 is 2. The number of rotatable bonds is 6. The van der Waals surface area contributed by atoms with Crippen LogP contribution in [-0.4, -0.2) is 14.2 Å². The van der Waals surface area contributed by atoms with E-state index in [9.17, 15) is 0 Å². The summed E-state index contributed by atoms with van der Waals surface area (Å²) in [7, 11) is 3.33. The molecule has 3 rings (SSSR count). The van der Waals surface area contributed by atoms with Crippen molar-refractivity contribution in [3.63, 3.8) is 0 Å². The zero-order valence-corrected chi connectivity index (χ0v) is 13.9. The van der Waals surface area contributed by atoms with Crippen LogP contribution in [0.2, 0.25) is 0 Å². The molecule has 3 aromatic carbocycles. The summed E-state index contributed by atoms with van der Waals surface area (Å²) in [6.07, 6.45) is 0. The van der Waals surface area contributed by atoms with Crippen LogP contribution in [-0.2, 0) is 6.61 Å². The molecule has 3 aromatic rings. The van der Waals surface area contributed by atoms with Gasteiger partial charge in [-0.15, -0.1) is 0 Å². The summed E-state index contributed by atoms with van der Waals surface area (Å²) in [6, 6.07) is 23.9. The minimum absolute atomic E-state index is 0.524. The summed E-state index contributed by atoms with van der Waals surface area (Å²) in [5.74, 6) is 2.45. The van der Waals surface area contributed by atoms with Crippen LogP contribution in [0.25, 0.3) is 11.1 Å². The first-order chi connectivity index (χ1) is 11.8. The predicted molar refractivity (Wildman–Crippen MR) is 95.8 cm³/mol. The van der Waals surface area contributed by atoms with Gasteiger partial charge in [0.1, 0.15) is 23.9 Å². The van der Waals surface area contributed by atoms with Crippen molar-refractivity contribution in [1.82, 2.24) is 0 Å². The molecule has 0 heterocycles. The first kappa shape index (κ1) is 15.9. The van der Waals surface area contributed by atoms with Crippen molar-refractivity contribution in [2.24, 2.45) is 0 Å². The average Bonchev–Trinajstić information content (AvgIpc) is 2.67. The fourth-order valence-electron chi connectivity index (χ4n) is 2.49. The van der Waals surface area contributed by atoms with Crippen molar-refractivity contribution in [2.75, 3.05) is 14.2 Å². The van der Waals surface area contributed by atoms with Gasteiger partial charge < -0.3 is 14.2 Å². The zero-order chi connectivity index (χ0) is 16.8. The summed E-state index contributed by atoms with van der Waals surface area (Å²) in [6.45, 7) is 0.524. The Hall–Kier alpha value is -2.94. The summed E-state index contributed by atoms with van der Waals surface area (Å²) in [5, 5.41) is 0. The van der Waals surface area contributed by atoms with Gasteiger partial charge in [0.05, 0.1) is 14.2 Å². The molecule has 0 aromatic heterocycles.